The number of methoxy groups -OCH3 is 3. The van der Waals surface area contributed by atoms with Crippen molar-refractivity contribution in [2.24, 2.45) is 0 Å². The number of aliphatic carboxylic acids is 2. The first-order valence-electron chi connectivity index (χ1n) is 12.8. The van der Waals surface area contributed by atoms with E-state index in [4.69, 9.17) is 36.0 Å². The number of nitrogens with zero attached hydrogens (tertiary/aromatic N) is 1. The number of carboxylic acid groups (broad SMARTS) is 2. The minimum absolute atomic E-state index is 0.0691. The van der Waals surface area contributed by atoms with E-state index in [9.17, 15) is 14.4 Å². The van der Waals surface area contributed by atoms with Gasteiger partial charge in [0.05, 0.1) is 32.4 Å². The fraction of sp³-hybridized carbons (Fsp3) is 0.346. The van der Waals surface area contributed by atoms with E-state index in [1.54, 1.807) is 44.4 Å². The molecule has 0 aliphatic heterocycles. The quantitative estimate of drug-likeness (QED) is 0.344. The first kappa shape index (κ1) is 22.4. The Morgan fingerprint density at radius 3 is 1.89 bits per heavy atom. The third-order valence-corrected chi connectivity index (χ3v) is 4.90. The molecule has 1 atom stereocenters. The van der Waals surface area contributed by atoms with E-state index in [0.29, 0.717) is 23.5 Å². The number of esters is 1. The second kappa shape index (κ2) is 14.4. The van der Waals surface area contributed by atoms with Crippen molar-refractivity contribution >= 4 is 17.9 Å². The normalized spacial score (nSPS) is 15.0. The SMILES string of the molecule is O=C(O)/C=C/C(=O)O.[2H]C([2H])([2H])C([2H])([2H])C(COC(=O)c1cc(OC)c(OC)c(OC)c1)(c1ccccc1)N(C)C. The maximum Gasteiger partial charge on any atom is 0.338 e. The van der Waals surface area contributed by atoms with E-state index in [1.807, 2.05) is 0 Å². The third kappa shape index (κ3) is 8.02. The zero-order chi connectivity index (χ0) is 31.6. The summed E-state index contributed by atoms with van der Waals surface area (Å²) in [5.74, 6) is -2.55. The van der Waals surface area contributed by atoms with Crippen LogP contribution in [-0.2, 0) is 19.9 Å². The van der Waals surface area contributed by atoms with Crippen LogP contribution in [0.2, 0.25) is 0 Å². The van der Waals surface area contributed by atoms with Gasteiger partial charge in [-0.15, -0.1) is 0 Å². The number of benzene rings is 2. The summed E-state index contributed by atoms with van der Waals surface area (Å²) in [7, 11) is 7.34. The molecule has 0 radical (unpaired) electrons. The standard InChI is InChI=1S/C22H29NO5.C4H4O4/c1-7-22(23(2)3,17-11-9-8-10-12-17)15-28-21(24)16-13-18(25-4)20(27-6)19(14-16)26-5;5-3(6)1-2-4(7)8/h8-14H,7,15H2,1-6H3;1-2H,(H,5,6)(H,7,8)/b;2-1+/i1D3,7D2;. The van der Waals surface area contributed by atoms with Crippen molar-refractivity contribution in [1.82, 2.24) is 4.90 Å². The molecule has 0 heterocycles. The lowest BCUT2D eigenvalue weighted by Gasteiger charge is -2.39. The van der Waals surface area contributed by atoms with E-state index in [2.05, 4.69) is 0 Å². The molecule has 0 saturated heterocycles. The smallest absolute Gasteiger partial charge is 0.338 e. The van der Waals surface area contributed by atoms with E-state index in [-0.39, 0.29) is 17.1 Å². The van der Waals surface area contributed by atoms with Crippen LogP contribution in [0.3, 0.4) is 0 Å². The van der Waals surface area contributed by atoms with Gasteiger partial charge >= 0.3 is 17.9 Å². The van der Waals surface area contributed by atoms with Crippen LogP contribution in [0, 0.1) is 0 Å². The van der Waals surface area contributed by atoms with Crippen molar-refractivity contribution < 1.29 is 50.4 Å². The van der Waals surface area contributed by atoms with E-state index in [1.165, 1.54) is 38.4 Å². The number of hydrogen-bond donors (Lipinski definition) is 2. The second-order valence-corrected chi connectivity index (χ2v) is 7.25. The summed E-state index contributed by atoms with van der Waals surface area (Å²) < 4.78 is 62.2. The van der Waals surface area contributed by atoms with Crippen LogP contribution < -0.4 is 14.2 Å². The summed E-state index contributed by atoms with van der Waals surface area (Å²) in [6, 6.07) is 11.1. The second-order valence-electron chi connectivity index (χ2n) is 7.25. The lowest BCUT2D eigenvalue weighted by molar-refractivity contribution is -0.134. The number of rotatable bonds is 11. The molecule has 0 aromatic heterocycles. The molecule has 2 aromatic rings. The predicted octanol–water partition coefficient (Wildman–Crippen LogP) is 3.45. The molecular formula is C26H33NO9. The molecule has 10 nitrogen and oxygen atoms in total. The summed E-state index contributed by atoms with van der Waals surface area (Å²) >= 11 is 0. The maximum atomic E-state index is 13.0. The van der Waals surface area contributed by atoms with Crippen LogP contribution in [0.1, 0.15) is 36.0 Å². The molecule has 2 aromatic carbocycles. The number of carbonyl (C=O) groups is 3. The Morgan fingerprint density at radius 1 is 0.972 bits per heavy atom. The van der Waals surface area contributed by atoms with Gasteiger partial charge in [0.15, 0.2) is 11.5 Å². The Labute approximate surface area is 217 Å². The highest BCUT2D eigenvalue weighted by atomic mass is 16.5. The van der Waals surface area contributed by atoms with Gasteiger partial charge in [0.25, 0.3) is 0 Å². The average molecular weight is 509 g/mol. The Hall–Kier alpha value is -4.05. The van der Waals surface area contributed by atoms with Crippen molar-refractivity contribution in [3.05, 3.63) is 65.7 Å². The van der Waals surface area contributed by atoms with Gasteiger partial charge in [0.1, 0.15) is 6.61 Å². The topological polar surface area (TPSA) is 132 Å². The van der Waals surface area contributed by atoms with E-state index in [0.717, 1.165) is 0 Å². The summed E-state index contributed by atoms with van der Waals surface area (Å²) in [6.45, 7) is -3.57. The zero-order valence-electron chi connectivity index (χ0n) is 25.6. The minimum atomic E-state index is -3.01. The number of carbonyl (C=O) groups excluding carboxylic acids is 1. The summed E-state index contributed by atoms with van der Waals surface area (Å²) in [5, 5.41) is 15.6. The highest BCUT2D eigenvalue weighted by Gasteiger charge is 2.34. The first-order valence-corrected chi connectivity index (χ1v) is 10.3. The third-order valence-electron chi connectivity index (χ3n) is 4.90. The van der Waals surface area contributed by atoms with Crippen LogP contribution >= 0.6 is 0 Å². The molecule has 0 spiro atoms. The van der Waals surface area contributed by atoms with Gasteiger partial charge in [-0.05, 0) is 38.2 Å². The highest BCUT2D eigenvalue weighted by molar-refractivity contribution is 5.91. The Balaban J connectivity index is 0.000000915. The van der Waals surface area contributed by atoms with Crippen molar-refractivity contribution in [2.75, 3.05) is 42.0 Å². The van der Waals surface area contributed by atoms with Crippen LogP contribution in [0.15, 0.2) is 54.6 Å². The van der Waals surface area contributed by atoms with Gasteiger partial charge in [0, 0.05) is 19.0 Å². The molecule has 0 bridgehead atoms. The minimum Gasteiger partial charge on any atom is -0.493 e. The fourth-order valence-corrected chi connectivity index (χ4v) is 3.00. The fourth-order valence-electron chi connectivity index (χ4n) is 3.00. The summed E-state index contributed by atoms with van der Waals surface area (Å²) in [4.78, 5) is 33.5. The zero-order valence-corrected chi connectivity index (χ0v) is 20.6. The number of carboxylic acids is 2. The monoisotopic (exact) mass is 508 g/mol. The number of ether oxygens (including phenoxy) is 4. The Morgan fingerprint density at radius 2 is 1.50 bits per heavy atom. The van der Waals surface area contributed by atoms with Gasteiger partial charge in [-0.2, -0.15) is 0 Å². The van der Waals surface area contributed by atoms with Gasteiger partial charge < -0.3 is 29.2 Å². The molecular weight excluding hydrogens is 470 g/mol. The number of likely N-dealkylation sites (N-methyl/N-ethyl adjacent to an activating group) is 1. The maximum absolute atomic E-state index is 13.0. The summed E-state index contributed by atoms with van der Waals surface area (Å²) in [5.41, 5.74) is -1.39. The molecule has 1 unspecified atom stereocenters. The van der Waals surface area contributed by atoms with Gasteiger partial charge in [-0.25, -0.2) is 14.4 Å². The van der Waals surface area contributed by atoms with Crippen LogP contribution in [0.25, 0.3) is 0 Å². The molecule has 0 amide bonds. The largest absolute Gasteiger partial charge is 0.493 e. The first-order chi connectivity index (χ1) is 19.0. The molecule has 10 heteroatoms. The molecule has 0 aliphatic rings. The van der Waals surface area contributed by atoms with E-state index >= 15 is 0 Å². The van der Waals surface area contributed by atoms with Crippen LogP contribution in [0.4, 0.5) is 0 Å². The molecule has 196 valence electrons. The van der Waals surface area contributed by atoms with Crippen LogP contribution in [-0.4, -0.2) is 75.1 Å². The lowest BCUT2D eigenvalue weighted by Crippen LogP contribution is -2.45. The van der Waals surface area contributed by atoms with Crippen molar-refractivity contribution in [3.63, 3.8) is 0 Å². The summed E-state index contributed by atoms with van der Waals surface area (Å²) in [6.07, 6.45) is -1.66. The molecule has 0 fully saturated rings. The van der Waals surface area contributed by atoms with Gasteiger partial charge in [-0.1, -0.05) is 37.2 Å². The highest BCUT2D eigenvalue weighted by Crippen LogP contribution is 2.38. The molecule has 2 N–H and O–H groups in total. The average Bonchev–Trinajstić information content (AvgIpc) is 2.91. The number of hydrogen-bond acceptors (Lipinski definition) is 8. The van der Waals surface area contributed by atoms with Crippen molar-refractivity contribution in [1.29, 1.82) is 0 Å². The van der Waals surface area contributed by atoms with Crippen LogP contribution in [0.5, 0.6) is 17.2 Å². The molecule has 2 rings (SSSR count). The van der Waals surface area contributed by atoms with Crippen molar-refractivity contribution in [3.8, 4) is 17.2 Å². The molecule has 0 saturated carbocycles. The Kier molecular flexibility index (Phi) is 8.95. The predicted molar refractivity (Wildman–Crippen MR) is 133 cm³/mol. The van der Waals surface area contributed by atoms with Gasteiger partial charge in [-0.3, -0.25) is 4.90 Å². The van der Waals surface area contributed by atoms with Gasteiger partial charge in [0.2, 0.25) is 5.75 Å². The Bertz CT molecular complexity index is 1190. The molecule has 36 heavy (non-hydrogen) atoms. The van der Waals surface area contributed by atoms with E-state index < -0.39 is 43.3 Å². The lowest BCUT2D eigenvalue weighted by atomic mass is 9.87. The van der Waals surface area contributed by atoms with Crippen molar-refractivity contribution in [2.45, 2.75) is 18.8 Å². The molecule has 0 aliphatic carbocycles.